The van der Waals surface area contributed by atoms with Crippen LogP contribution in [0.15, 0.2) is 18.2 Å². The molecule has 1 fully saturated rings. The molecule has 0 aromatic heterocycles. The van der Waals surface area contributed by atoms with Gasteiger partial charge in [0.1, 0.15) is 5.82 Å². The number of benzene rings is 1. The van der Waals surface area contributed by atoms with Gasteiger partial charge < -0.3 is 15.0 Å². The highest BCUT2D eigenvalue weighted by atomic mass is 19.1. The van der Waals surface area contributed by atoms with Gasteiger partial charge in [-0.05, 0) is 38.4 Å². The van der Waals surface area contributed by atoms with Crippen LogP contribution in [0.25, 0.3) is 0 Å². The quantitative estimate of drug-likeness (QED) is 0.792. The van der Waals surface area contributed by atoms with Gasteiger partial charge in [-0.25, -0.2) is 4.39 Å². The Kier molecular flexibility index (Phi) is 5.38. The summed E-state index contributed by atoms with van der Waals surface area (Å²) in [6.07, 6.45) is 2.38. The van der Waals surface area contributed by atoms with Crippen molar-refractivity contribution in [1.82, 2.24) is 5.32 Å². The molecule has 1 N–H and O–H groups in total. The topological polar surface area (TPSA) is 24.5 Å². The number of methoxy groups -OCH3 is 1. The molecule has 1 saturated carbocycles. The molecule has 0 heterocycles. The van der Waals surface area contributed by atoms with E-state index < -0.39 is 0 Å². The Morgan fingerprint density at radius 3 is 2.80 bits per heavy atom. The van der Waals surface area contributed by atoms with Gasteiger partial charge in [0.05, 0.1) is 6.61 Å². The van der Waals surface area contributed by atoms with E-state index in [0.717, 1.165) is 24.3 Å². The molecule has 0 bridgehead atoms. The van der Waals surface area contributed by atoms with Crippen molar-refractivity contribution in [3.63, 3.8) is 0 Å². The Morgan fingerprint density at radius 2 is 2.20 bits per heavy atom. The normalized spacial score (nSPS) is 16.2. The van der Waals surface area contributed by atoms with Gasteiger partial charge in [-0.2, -0.15) is 0 Å². The van der Waals surface area contributed by atoms with E-state index in [4.69, 9.17) is 4.74 Å². The third-order valence-electron chi connectivity index (χ3n) is 3.81. The monoisotopic (exact) mass is 280 g/mol. The number of halogens is 1. The van der Waals surface area contributed by atoms with Crippen LogP contribution in [0.2, 0.25) is 0 Å². The van der Waals surface area contributed by atoms with E-state index in [0.29, 0.717) is 12.6 Å². The lowest BCUT2D eigenvalue weighted by Crippen LogP contribution is -2.32. The van der Waals surface area contributed by atoms with Crippen LogP contribution in [-0.4, -0.2) is 32.8 Å². The average Bonchev–Trinajstić information content (AvgIpc) is 3.24. The highest BCUT2D eigenvalue weighted by Crippen LogP contribution is 2.36. The smallest absolute Gasteiger partial charge is 0.130 e. The van der Waals surface area contributed by atoms with Crippen molar-refractivity contribution in [3.8, 4) is 0 Å². The molecular formula is C16H25FN2O. The lowest BCUT2D eigenvalue weighted by molar-refractivity contribution is 0.205. The first-order valence-electron chi connectivity index (χ1n) is 7.46. The maximum Gasteiger partial charge on any atom is 0.130 e. The van der Waals surface area contributed by atoms with Gasteiger partial charge in [-0.1, -0.05) is 13.0 Å². The van der Waals surface area contributed by atoms with E-state index in [2.05, 4.69) is 10.2 Å². The first kappa shape index (κ1) is 15.3. The third kappa shape index (κ3) is 3.49. The third-order valence-corrected chi connectivity index (χ3v) is 3.81. The average molecular weight is 280 g/mol. The summed E-state index contributed by atoms with van der Waals surface area (Å²) in [5.74, 6) is -0.126. The Bertz CT molecular complexity index is 434. The zero-order chi connectivity index (χ0) is 14.5. The standard InChI is InChI=1S/C16H25FN2O/c1-4-18-12(2)16-14(17)6-5-7-15(16)19(10-11-20-3)13-8-9-13/h5-7,12-13,18H,4,8-11H2,1-3H3. The summed E-state index contributed by atoms with van der Waals surface area (Å²) < 4.78 is 19.5. The minimum absolute atomic E-state index is 0.0139. The van der Waals surface area contributed by atoms with Crippen molar-refractivity contribution in [2.24, 2.45) is 0 Å². The molecule has 2 rings (SSSR count). The van der Waals surface area contributed by atoms with Gasteiger partial charge in [0.2, 0.25) is 0 Å². The van der Waals surface area contributed by atoms with Crippen LogP contribution in [-0.2, 0) is 4.74 Å². The maximum atomic E-state index is 14.3. The zero-order valence-electron chi connectivity index (χ0n) is 12.7. The molecule has 1 aliphatic rings. The van der Waals surface area contributed by atoms with Crippen molar-refractivity contribution in [3.05, 3.63) is 29.6 Å². The number of nitrogens with one attached hydrogen (secondary N) is 1. The van der Waals surface area contributed by atoms with Crippen LogP contribution >= 0.6 is 0 Å². The summed E-state index contributed by atoms with van der Waals surface area (Å²) in [5, 5.41) is 3.32. The maximum absolute atomic E-state index is 14.3. The van der Waals surface area contributed by atoms with Crippen molar-refractivity contribution >= 4 is 5.69 Å². The fraction of sp³-hybridized carbons (Fsp3) is 0.625. The Balaban J connectivity index is 2.30. The molecule has 0 aliphatic heterocycles. The lowest BCUT2D eigenvalue weighted by atomic mass is 10.0. The number of rotatable bonds is 8. The second-order valence-electron chi connectivity index (χ2n) is 5.37. The zero-order valence-corrected chi connectivity index (χ0v) is 12.7. The van der Waals surface area contributed by atoms with Crippen LogP contribution in [0.4, 0.5) is 10.1 Å². The van der Waals surface area contributed by atoms with E-state index in [9.17, 15) is 4.39 Å². The largest absolute Gasteiger partial charge is 0.383 e. The van der Waals surface area contributed by atoms with Crippen molar-refractivity contribution in [2.45, 2.75) is 38.8 Å². The molecule has 3 nitrogen and oxygen atoms in total. The molecule has 1 aromatic carbocycles. The van der Waals surface area contributed by atoms with Crippen LogP contribution in [0.1, 0.15) is 38.3 Å². The minimum atomic E-state index is -0.126. The van der Waals surface area contributed by atoms with E-state index in [1.54, 1.807) is 19.2 Å². The molecule has 0 saturated heterocycles. The SMILES string of the molecule is CCNC(C)c1c(F)cccc1N(CCOC)C1CC1. The molecular weight excluding hydrogens is 255 g/mol. The fourth-order valence-electron chi connectivity index (χ4n) is 2.69. The Hall–Kier alpha value is -1.13. The highest BCUT2D eigenvalue weighted by Gasteiger charge is 2.31. The van der Waals surface area contributed by atoms with Gasteiger partial charge in [0.15, 0.2) is 0 Å². The first-order chi connectivity index (χ1) is 9.69. The van der Waals surface area contributed by atoms with Gasteiger partial charge >= 0.3 is 0 Å². The van der Waals surface area contributed by atoms with Crippen LogP contribution in [0.3, 0.4) is 0 Å². The van der Waals surface area contributed by atoms with E-state index in [1.165, 1.54) is 12.8 Å². The number of nitrogens with zero attached hydrogens (tertiary/aromatic N) is 1. The van der Waals surface area contributed by atoms with Gasteiger partial charge in [-0.3, -0.25) is 0 Å². The van der Waals surface area contributed by atoms with E-state index >= 15 is 0 Å². The summed E-state index contributed by atoms with van der Waals surface area (Å²) in [6.45, 7) is 6.38. The van der Waals surface area contributed by atoms with Crippen molar-refractivity contribution < 1.29 is 9.13 Å². The van der Waals surface area contributed by atoms with Crippen molar-refractivity contribution in [1.29, 1.82) is 0 Å². The molecule has 1 aliphatic carbocycles. The van der Waals surface area contributed by atoms with Gasteiger partial charge in [-0.15, -0.1) is 0 Å². The molecule has 0 amide bonds. The molecule has 0 radical (unpaired) electrons. The molecule has 112 valence electrons. The van der Waals surface area contributed by atoms with Crippen LogP contribution in [0, 0.1) is 5.82 Å². The molecule has 1 unspecified atom stereocenters. The number of anilines is 1. The Morgan fingerprint density at radius 1 is 1.45 bits per heavy atom. The predicted molar refractivity (Wildman–Crippen MR) is 80.7 cm³/mol. The second-order valence-corrected chi connectivity index (χ2v) is 5.37. The molecule has 1 atom stereocenters. The minimum Gasteiger partial charge on any atom is -0.383 e. The highest BCUT2D eigenvalue weighted by molar-refractivity contribution is 5.57. The predicted octanol–water partition coefficient (Wildman–Crippen LogP) is 3.11. The van der Waals surface area contributed by atoms with E-state index in [1.807, 2.05) is 19.9 Å². The summed E-state index contributed by atoms with van der Waals surface area (Å²) in [7, 11) is 1.71. The molecule has 1 aromatic rings. The van der Waals surface area contributed by atoms with E-state index in [-0.39, 0.29) is 11.9 Å². The second kappa shape index (κ2) is 7.04. The number of hydrogen-bond acceptors (Lipinski definition) is 3. The van der Waals surface area contributed by atoms with Gasteiger partial charge in [0, 0.05) is 37.0 Å². The number of hydrogen-bond donors (Lipinski definition) is 1. The number of ether oxygens (including phenoxy) is 1. The molecule has 20 heavy (non-hydrogen) atoms. The van der Waals surface area contributed by atoms with Crippen molar-refractivity contribution in [2.75, 3.05) is 31.7 Å². The summed E-state index contributed by atoms with van der Waals surface area (Å²) in [5.41, 5.74) is 1.79. The molecule has 4 heteroatoms. The summed E-state index contributed by atoms with van der Waals surface area (Å²) >= 11 is 0. The van der Waals surface area contributed by atoms with Gasteiger partial charge in [0.25, 0.3) is 0 Å². The Labute approximate surface area is 121 Å². The molecule has 0 spiro atoms. The first-order valence-corrected chi connectivity index (χ1v) is 7.46. The summed E-state index contributed by atoms with van der Waals surface area (Å²) in [6, 6.07) is 5.93. The lowest BCUT2D eigenvalue weighted by Gasteiger charge is -2.29. The summed E-state index contributed by atoms with van der Waals surface area (Å²) in [4.78, 5) is 2.30. The van der Waals surface area contributed by atoms with Crippen LogP contribution in [0.5, 0.6) is 0 Å². The van der Waals surface area contributed by atoms with Crippen LogP contribution < -0.4 is 10.2 Å². The fourth-order valence-corrected chi connectivity index (χ4v) is 2.69.